The third-order valence-corrected chi connectivity index (χ3v) is 2.50. The maximum Gasteiger partial charge on any atom is 0.0214 e. The quantitative estimate of drug-likeness (QED) is 0.739. The lowest BCUT2D eigenvalue weighted by Crippen LogP contribution is -2.39. The molecule has 0 spiro atoms. The van der Waals surface area contributed by atoms with E-state index in [2.05, 4.69) is 24.3 Å². The molecule has 1 N–H and O–H groups in total. The summed E-state index contributed by atoms with van der Waals surface area (Å²) in [6.45, 7) is 2.39. The highest BCUT2D eigenvalue weighted by Crippen LogP contribution is 2.08. The Labute approximate surface area is 94.3 Å². The van der Waals surface area contributed by atoms with Gasteiger partial charge in [0.1, 0.15) is 0 Å². The second-order valence-corrected chi connectivity index (χ2v) is 3.67. The molecule has 1 atom stereocenters. The Kier molecular flexibility index (Phi) is 11.1. The maximum absolute atomic E-state index is 3.48. The van der Waals surface area contributed by atoms with Gasteiger partial charge in [-0.2, -0.15) is 0 Å². The molecule has 1 aliphatic heterocycles. The van der Waals surface area contributed by atoms with Crippen LogP contribution in [0, 0.1) is 0 Å². The van der Waals surface area contributed by atoms with Crippen LogP contribution < -0.4 is 5.32 Å². The zero-order valence-electron chi connectivity index (χ0n) is 8.58. The second-order valence-electron chi connectivity index (χ2n) is 3.67. The highest BCUT2D eigenvalue weighted by molar-refractivity contribution is 5.85. The van der Waals surface area contributed by atoms with Gasteiger partial charge >= 0.3 is 0 Å². The summed E-state index contributed by atoms with van der Waals surface area (Å²) in [5.41, 5.74) is 0. The zero-order valence-corrected chi connectivity index (χ0v) is 10.2. The second kappa shape index (κ2) is 9.07. The van der Waals surface area contributed by atoms with Crippen LogP contribution in [0.3, 0.4) is 0 Å². The smallest absolute Gasteiger partial charge is 0.0214 e. The lowest BCUT2D eigenvalue weighted by molar-refractivity contribution is 0.254. The molecule has 1 rings (SSSR count). The number of rotatable bonds is 1. The Morgan fingerprint density at radius 2 is 1.77 bits per heavy atom. The van der Waals surface area contributed by atoms with Gasteiger partial charge in [-0.25, -0.2) is 0 Å². The van der Waals surface area contributed by atoms with E-state index < -0.39 is 0 Å². The highest BCUT2D eigenvalue weighted by atomic mass is 35.5. The Bertz CT molecular complexity index is 102. The number of nitrogens with one attached hydrogen (secondary N) is 1. The molecule has 1 aliphatic rings. The number of halogens is 2. The summed E-state index contributed by atoms with van der Waals surface area (Å²) in [5, 5.41) is 3.48. The average molecular weight is 229 g/mol. The summed E-state index contributed by atoms with van der Waals surface area (Å²) in [4.78, 5) is 2.33. The molecule has 1 unspecified atom stereocenters. The summed E-state index contributed by atoms with van der Waals surface area (Å²) < 4.78 is 0. The molecule has 13 heavy (non-hydrogen) atoms. The Hall–Kier alpha value is 0.500. The van der Waals surface area contributed by atoms with Crippen LogP contribution >= 0.6 is 24.8 Å². The van der Waals surface area contributed by atoms with Gasteiger partial charge in [0, 0.05) is 12.6 Å². The molecule has 2 nitrogen and oxygen atoms in total. The molecule has 0 aromatic heterocycles. The average Bonchev–Trinajstić information content (AvgIpc) is 1.84. The van der Waals surface area contributed by atoms with Crippen molar-refractivity contribution in [2.45, 2.75) is 31.7 Å². The van der Waals surface area contributed by atoms with E-state index in [1.165, 1.54) is 38.8 Å². The van der Waals surface area contributed by atoms with Crippen LogP contribution in [-0.4, -0.2) is 38.1 Å². The van der Waals surface area contributed by atoms with E-state index in [9.17, 15) is 0 Å². The van der Waals surface area contributed by atoms with E-state index >= 15 is 0 Å². The largest absolute Gasteiger partial charge is 0.315 e. The molecule has 82 valence electrons. The van der Waals surface area contributed by atoms with Gasteiger partial charge in [-0.15, -0.1) is 24.8 Å². The van der Waals surface area contributed by atoms with Crippen LogP contribution in [0.1, 0.15) is 25.7 Å². The molecule has 0 saturated carbocycles. The molecule has 0 aromatic rings. The van der Waals surface area contributed by atoms with Gasteiger partial charge in [0.2, 0.25) is 0 Å². The van der Waals surface area contributed by atoms with Crippen LogP contribution in [0.5, 0.6) is 0 Å². The molecule has 4 heteroatoms. The van der Waals surface area contributed by atoms with Gasteiger partial charge in [0.25, 0.3) is 0 Å². The minimum Gasteiger partial charge on any atom is -0.315 e. The molecule has 1 fully saturated rings. The van der Waals surface area contributed by atoms with Crippen molar-refractivity contribution in [1.82, 2.24) is 10.2 Å². The van der Waals surface area contributed by atoms with Gasteiger partial charge in [-0.1, -0.05) is 12.8 Å². The van der Waals surface area contributed by atoms with E-state index in [0.29, 0.717) is 0 Å². The molecule has 0 radical (unpaired) electrons. The topological polar surface area (TPSA) is 15.3 Å². The zero-order chi connectivity index (χ0) is 8.10. The minimum atomic E-state index is 0. The number of hydrogen-bond donors (Lipinski definition) is 1. The molecule has 0 aliphatic carbocycles. The molecular formula is C9H22Cl2N2. The Morgan fingerprint density at radius 3 is 2.38 bits per heavy atom. The van der Waals surface area contributed by atoms with Crippen LogP contribution in [0.4, 0.5) is 0 Å². The molecule has 1 heterocycles. The first kappa shape index (κ1) is 15.9. The van der Waals surface area contributed by atoms with Gasteiger partial charge in [-0.3, -0.25) is 0 Å². The molecular weight excluding hydrogens is 207 g/mol. The fraction of sp³-hybridized carbons (Fsp3) is 1.00. The Morgan fingerprint density at radius 1 is 1.08 bits per heavy atom. The number of nitrogens with zero attached hydrogens (tertiary/aromatic N) is 1. The van der Waals surface area contributed by atoms with Crippen molar-refractivity contribution in [3.8, 4) is 0 Å². The monoisotopic (exact) mass is 228 g/mol. The first-order valence-corrected chi connectivity index (χ1v) is 4.68. The first-order chi connectivity index (χ1) is 5.30. The SMILES string of the molecule is CN(C)C1CCCCCNC1.Cl.Cl. The van der Waals surface area contributed by atoms with Crippen molar-refractivity contribution in [1.29, 1.82) is 0 Å². The van der Waals surface area contributed by atoms with Crippen molar-refractivity contribution in [3.63, 3.8) is 0 Å². The standard InChI is InChI=1S/C9H20N2.2ClH/c1-11(2)9-6-4-3-5-7-10-8-9;;/h9-10H,3-8H2,1-2H3;2*1H. The Balaban J connectivity index is 0. The van der Waals surface area contributed by atoms with Crippen LogP contribution in [0.25, 0.3) is 0 Å². The van der Waals surface area contributed by atoms with E-state index in [-0.39, 0.29) is 24.8 Å². The highest BCUT2D eigenvalue weighted by Gasteiger charge is 2.11. The van der Waals surface area contributed by atoms with Crippen molar-refractivity contribution < 1.29 is 0 Å². The predicted octanol–water partition coefficient (Wildman–Crippen LogP) is 1.92. The number of hydrogen-bond acceptors (Lipinski definition) is 2. The van der Waals surface area contributed by atoms with Gasteiger partial charge in [-0.05, 0) is 33.5 Å². The van der Waals surface area contributed by atoms with E-state index in [0.717, 1.165) is 6.04 Å². The van der Waals surface area contributed by atoms with E-state index in [4.69, 9.17) is 0 Å². The maximum atomic E-state index is 3.48. The molecule has 1 saturated heterocycles. The van der Waals surface area contributed by atoms with Crippen molar-refractivity contribution in [2.24, 2.45) is 0 Å². The van der Waals surface area contributed by atoms with Gasteiger partial charge in [0.05, 0.1) is 0 Å². The summed E-state index contributed by atoms with van der Waals surface area (Å²) in [7, 11) is 4.35. The summed E-state index contributed by atoms with van der Waals surface area (Å²) in [6.07, 6.45) is 5.53. The van der Waals surface area contributed by atoms with Gasteiger partial charge < -0.3 is 10.2 Å². The summed E-state index contributed by atoms with van der Waals surface area (Å²) in [5.74, 6) is 0. The number of likely N-dealkylation sites (N-methyl/N-ethyl adjacent to an activating group) is 1. The first-order valence-electron chi connectivity index (χ1n) is 4.68. The molecule has 0 bridgehead atoms. The van der Waals surface area contributed by atoms with E-state index in [1.807, 2.05) is 0 Å². The summed E-state index contributed by atoms with van der Waals surface area (Å²) in [6, 6.07) is 0.760. The normalized spacial score (nSPS) is 23.8. The van der Waals surface area contributed by atoms with Crippen molar-refractivity contribution in [3.05, 3.63) is 0 Å². The minimum absolute atomic E-state index is 0. The fourth-order valence-corrected chi connectivity index (χ4v) is 1.62. The fourth-order valence-electron chi connectivity index (χ4n) is 1.62. The summed E-state index contributed by atoms with van der Waals surface area (Å²) >= 11 is 0. The lowest BCUT2D eigenvalue weighted by atomic mass is 10.1. The third kappa shape index (κ3) is 6.55. The van der Waals surface area contributed by atoms with Crippen molar-refractivity contribution >= 4 is 24.8 Å². The molecule has 0 aromatic carbocycles. The van der Waals surface area contributed by atoms with Crippen LogP contribution in [0.15, 0.2) is 0 Å². The van der Waals surface area contributed by atoms with E-state index in [1.54, 1.807) is 0 Å². The lowest BCUT2D eigenvalue weighted by Gasteiger charge is -2.26. The van der Waals surface area contributed by atoms with Crippen LogP contribution in [-0.2, 0) is 0 Å². The van der Waals surface area contributed by atoms with Crippen molar-refractivity contribution in [2.75, 3.05) is 27.2 Å². The van der Waals surface area contributed by atoms with Gasteiger partial charge in [0.15, 0.2) is 0 Å². The van der Waals surface area contributed by atoms with Crippen LogP contribution in [0.2, 0.25) is 0 Å². The molecule has 0 amide bonds. The third-order valence-electron chi connectivity index (χ3n) is 2.50. The predicted molar refractivity (Wildman–Crippen MR) is 63.3 cm³/mol.